The lowest BCUT2D eigenvalue weighted by molar-refractivity contribution is 0.0689. The third kappa shape index (κ3) is 3.82. The number of aromatic nitrogens is 1. The van der Waals surface area contributed by atoms with Crippen molar-refractivity contribution in [2.24, 2.45) is 5.92 Å². The summed E-state index contributed by atoms with van der Waals surface area (Å²) in [5.41, 5.74) is 2.32. The summed E-state index contributed by atoms with van der Waals surface area (Å²) in [5.74, 6) is 0.358. The number of nitrogens with zero attached hydrogens (tertiary/aromatic N) is 1. The van der Waals surface area contributed by atoms with Gasteiger partial charge in [-0.1, -0.05) is 25.5 Å². The van der Waals surface area contributed by atoms with Crippen LogP contribution in [0.4, 0.5) is 0 Å². The van der Waals surface area contributed by atoms with Gasteiger partial charge in [0, 0.05) is 17.6 Å². The summed E-state index contributed by atoms with van der Waals surface area (Å²) in [6.45, 7) is 6.88. The standard InChI is InChI=1S/C20H22N2O3/c1-13(2)11-22(20(24)18-5-4-8-25-18)12-16-10-15-9-14(3)6-7-17(15)21-19(16)23/h4-10,13H,11-12H2,1-3H3,(H,21,23). The summed E-state index contributed by atoms with van der Waals surface area (Å²) in [7, 11) is 0. The van der Waals surface area contributed by atoms with Gasteiger partial charge in [0.15, 0.2) is 5.76 Å². The minimum absolute atomic E-state index is 0.169. The Morgan fingerprint density at radius 1 is 1.24 bits per heavy atom. The van der Waals surface area contributed by atoms with Crippen molar-refractivity contribution >= 4 is 16.8 Å². The summed E-state index contributed by atoms with van der Waals surface area (Å²) in [5, 5.41) is 0.963. The van der Waals surface area contributed by atoms with Gasteiger partial charge in [0.2, 0.25) is 0 Å². The van der Waals surface area contributed by atoms with Crippen molar-refractivity contribution in [3.63, 3.8) is 0 Å². The Morgan fingerprint density at radius 2 is 2.04 bits per heavy atom. The number of pyridine rings is 1. The summed E-state index contributed by atoms with van der Waals surface area (Å²) in [6.07, 6.45) is 1.48. The number of nitrogens with one attached hydrogen (secondary N) is 1. The van der Waals surface area contributed by atoms with Gasteiger partial charge < -0.3 is 14.3 Å². The van der Waals surface area contributed by atoms with Crippen LogP contribution in [0.1, 0.15) is 35.5 Å². The number of rotatable bonds is 5. The number of benzene rings is 1. The summed E-state index contributed by atoms with van der Waals surface area (Å²) in [6, 6.07) is 11.1. The van der Waals surface area contributed by atoms with Crippen LogP contribution in [0.5, 0.6) is 0 Å². The van der Waals surface area contributed by atoms with Crippen molar-refractivity contribution in [2.75, 3.05) is 6.54 Å². The molecule has 1 amide bonds. The third-order valence-electron chi connectivity index (χ3n) is 4.04. The van der Waals surface area contributed by atoms with Crippen molar-refractivity contribution in [1.82, 2.24) is 9.88 Å². The van der Waals surface area contributed by atoms with E-state index < -0.39 is 0 Å². The molecule has 1 aromatic carbocycles. The second-order valence-electron chi connectivity index (χ2n) is 6.77. The number of furan rings is 1. The number of amides is 1. The van der Waals surface area contributed by atoms with Gasteiger partial charge in [-0.25, -0.2) is 0 Å². The number of carbonyl (C=O) groups is 1. The lowest BCUT2D eigenvalue weighted by Gasteiger charge is -2.23. The van der Waals surface area contributed by atoms with E-state index >= 15 is 0 Å². The maximum absolute atomic E-state index is 12.7. The van der Waals surface area contributed by atoms with Crippen LogP contribution >= 0.6 is 0 Å². The maximum atomic E-state index is 12.7. The first-order valence-corrected chi connectivity index (χ1v) is 8.39. The summed E-state index contributed by atoms with van der Waals surface area (Å²) in [4.78, 5) is 29.7. The van der Waals surface area contributed by atoms with Crippen LogP contribution in [-0.2, 0) is 6.54 Å². The number of aromatic amines is 1. The molecule has 0 saturated carbocycles. The molecule has 130 valence electrons. The highest BCUT2D eigenvalue weighted by molar-refractivity contribution is 5.91. The molecule has 3 aromatic rings. The Balaban J connectivity index is 1.96. The van der Waals surface area contributed by atoms with Gasteiger partial charge >= 0.3 is 0 Å². The molecule has 0 saturated heterocycles. The molecule has 1 N–H and O–H groups in total. The van der Waals surface area contributed by atoms with Gasteiger partial charge in [-0.15, -0.1) is 0 Å². The SMILES string of the molecule is Cc1ccc2[nH]c(=O)c(CN(CC(C)C)C(=O)c3ccco3)cc2c1. The predicted octanol–water partition coefficient (Wildman–Crippen LogP) is 3.73. The summed E-state index contributed by atoms with van der Waals surface area (Å²) >= 11 is 0. The average Bonchev–Trinajstić information content (AvgIpc) is 3.08. The van der Waals surface area contributed by atoms with E-state index in [-0.39, 0.29) is 29.7 Å². The molecule has 0 unspecified atom stereocenters. The van der Waals surface area contributed by atoms with E-state index in [1.54, 1.807) is 17.0 Å². The van der Waals surface area contributed by atoms with E-state index in [9.17, 15) is 9.59 Å². The minimum atomic E-state index is -0.206. The first kappa shape index (κ1) is 17.0. The molecule has 0 radical (unpaired) electrons. The molecule has 0 fully saturated rings. The Morgan fingerprint density at radius 3 is 2.72 bits per heavy atom. The predicted molar refractivity (Wildman–Crippen MR) is 97.6 cm³/mol. The number of fused-ring (bicyclic) bond motifs is 1. The van der Waals surface area contributed by atoms with E-state index in [0.717, 1.165) is 16.5 Å². The molecule has 5 nitrogen and oxygen atoms in total. The van der Waals surface area contributed by atoms with Gasteiger partial charge in [0.1, 0.15) is 0 Å². The fourth-order valence-corrected chi connectivity index (χ4v) is 2.91. The van der Waals surface area contributed by atoms with Crippen molar-refractivity contribution in [1.29, 1.82) is 0 Å². The Labute approximate surface area is 146 Å². The lowest BCUT2D eigenvalue weighted by atomic mass is 10.1. The molecular weight excluding hydrogens is 316 g/mol. The van der Waals surface area contributed by atoms with Crippen LogP contribution in [-0.4, -0.2) is 22.3 Å². The largest absolute Gasteiger partial charge is 0.459 e. The number of hydrogen-bond acceptors (Lipinski definition) is 3. The van der Waals surface area contributed by atoms with Crippen molar-refractivity contribution in [3.05, 3.63) is 69.9 Å². The van der Waals surface area contributed by atoms with E-state index in [2.05, 4.69) is 4.98 Å². The first-order chi connectivity index (χ1) is 11.9. The van der Waals surface area contributed by atoms with Crippen LogP contribution in [0.25, 0.3) is 10.9 Å². The second kappa shape index (κ2) is 6.97. The highest BCUT2D eigenvalue weighted by Gasteiger charge is 2.20. The van der Waals surface area contributed by atoms with Crippen LogP contribution in [0.15, 0.2) is 51.9 Å². The smallest absolute Gasteiger partial charge is 0.289 e. The number of carbonyl (C=O) groups excluding carboxylic acids is 1. The molecule has 25 heavy (non-hydrogen) atoms. The fourth-order valence-electron chi connectivity index (χ4n) is 2.91. The molecule has 2 aromatic heterocycles. The van der Waals surface area contributed by atoms with Gasteiger partial charge in [-0.3, -0.25) is 9.59 Å². The van der Waals surface area contributed by atoms with Crippen LogP contribution in [0.2, 0.25) is 0 Å². The zero-order valence-electron chi connectivity index (χ0n) is 14.7. The Bertz CT molecular complexity index is 939. The van der Waals surface area contributed by atoms with Crippen molar-refractivity contribution in [3.8, 4) is 0 Å². The zero-order valence-corrected chi connectivity index (χ0v) is 14.7. The van der Waals surface area contributed by atoms with Crippen LogP contribution in [0.3, 0.4) is 0 Å². The normalized spacial score (nSPS) is 11.2. The number of hydrogen-bond donors (Lipinski definition) is 1. The van der Waals surface area contributed by atoms with Crippen molar-refractivity contribution in [2.45, 2.75) is 27.3 Å². The van der Waals surface area contributed by atoms with Gasteiger partial charge in [-0.2, -0.15) is 0 Å². The lowest BCUT2D eigenvalue weighted by Crippen LogP contribution is -2.35. The fraction of sp³-hybridized carbons (Fsp3) is 0.300. The zero-order chi connectivity index (χ0) is 18.0. The molecule has 2 heterocycles. The maximum Gasteiger partial charge on any atom is 0.289 e. The Hall–Kier alpha value is -2.82. The molecule has 0 atom stereocenters. The molecule has 0 aliphatic heterocycles. The second-order valence-corrected chi connectivity index (χ2v) is 6.77. The highest BCUT2D eigenvalue weighted by atomic mass is 16.3. The van der Waals surface area contributed by atoms with Gasteiger partial charge in [0.05, 0.1) is 12.8 Å². The molecule has 0 aliphatic carbocycles. The highest BCUT2D eigenvalue weighted by Crippen LogP contribution is 2.16. The molecular formula is C20H22N2O3. The molecule has 0 spiro atoms. The summed E-state index contributed by atoms with van der Waals surface area (Å²) < 4.78 is 5.23. The van der Waals surface area contributed by atoms with E-state index in [1.807, 2.05) is 45.0 Å². The third-order valence-corrected chi connectivity index (χ3v) is 4.04. The monoisotopic (exact) mass is 338 g/mol. The topological polar surface area (TPSA) is 66.3 Å². The quantitative estimate of drug-likeness (QED) is 0.771. The Kier molecular flexibility index (Phi) is 4.74. The van der Waals surface area contributed by atoms with E-state index in [1.165, 1.54) is 6.26 Å². The minimum Gasteiger partial charge on any atom is -0.459 e. The van der Waals surface area contributed by atoms with E-state index in [4.69, 9.17) is 4.42 Å². The molecule has 5 heteroatoms. The molecule has 3 rings (SSSR count). The van der Waals surface area contributed by atoms with E-state index in [0.29, 0.717) is 12.1 Å². The van der Waals surface area contributed by atoms with Crippen LogP contribution < -0.4 is 5.56 Å². The molecule has 0 bridgehead atoms. The van der Waals surface area contributed by atoms with Gasteiger partial charge in [0.25, 0.3) is 11.5 Å². The van der Waals surface area contributed by atoms with Gasteiger partial charge in [-0.05, 0) is 48.6 Å². The number of aryl methyl sites for hydroxylation is 1. The average molecular weight is 338 g/mol. The number of H-pyrrole nitrogens is 1. The van der Waals surface area contributed by atoms with Crippen LogP contribution in [0, 0.1) is 12.8 Å². The van der Waals surface area contributed by atoms with Crippen molar-refractivity contribution < 1.29 is 9.21 Å². The molecule has 0 aliphatic rings. The first-order valence-electron chi connectivity index (χ1n) is 8.39.